The van der Waals surface area contributed by atoms with Gasteiger partial charge in [0.15, 0.2) is 5.75 Å². The standard InChI is InChI=1S/C22H13BrClFN2O3/c23-20-10-15(9-17(12-26)16-3-7-19(8-4-16)27(28)29)11-21(24)22(20)30-13-14-1-5-18(25)6-2-14/h1-11H,13H2/b17-9-. The van der Waals surface area contributed by atoms with Crippen LogP contribution in [0.4, 0.5) is 10.1 Å². The molecule has 150 valence electrons. The molecule has 0 aromatic heterocycles. The topological polar surface area (TPSA) is 76.2 Å². The lowest BCUT2D eigenvalue weighted by atomic mass is 10.0. The van der Waals surface area contributed by atoms with Gasteiger partial charge in [-0.1, -0.05) is 23.7 Å². The van der Waals surface area contributed by atoms with E-state index in [0.717, 1.165) is 5.56 Å². The molecular weight excluding hydrogens is 475 g/mol. The van der Waals surface area contributed by atoms with Gasteiger partial charge in [-0.15, -0.1) is 0 Å². The lowest BCUT2D eigenvalue weighted by Crippen LogP contribution is -1.97. The second-order valence-corrected chi connectivity index (χ2v) is 7.46. The zero-order chi connectivity index (χ0) is 21.7. The number of halogens is 3. The number of nitrogens with zero attached hydrogens (tertiary/aromatic N) is 2. The first-order chi connectivity index (χ1) is 14.4. The maximum Gasteiger partial charge on any atom is 0.269 e. The average molecular weight is 488 g/mol. The van der Waals surface area contributed by atoms with Crippen molar-refractivity contribution in [2.75, 3.05) is 0 Å². The van der Waals surface area contributed by atoms with Crippen LogP contribution in [0.25, 0.3) is 11.6 Å². The van der Waals surface area contributed by atoms with E-state index in [1.807, 2.05) is 0 Å². The van der Waals surface area contributed by atoms with Crippen LogP contribution in [0.3, 0.4) is 0 Å². The monoisotopic (exact) mass is 486 g/mol. The summed E-state index contributed by atoms with van der Waals surface area (Å²) in [6.07, 6.45) is 1.63. The van der Waals surface area contributed by atoms with Gasteiger partial charge in [0, 0.05) is 12.1 Å². The van der Waals surface area contributed by atoms with E-state index in [4.69, 9.17) is 16.3 Å². The molecule has 0 bridgehead atoms. The average Bonchev–Trinajstić information content (AvgIpc) is 2.73. The summed E-state index contributed by atoms with van der Waals surface area (Å²) in [6.45, 7) is 0.208. The summed E-state index contributed by atoms with van der Waals surface area (Å²) < 4.78 is 19.3. The van der Waals surface area contributed by atoms with Crippen molar-refractivity contribution in [1.82, 2.24) is 0 Å². The number of nitriles is 1. The van der Waals surface area contributed by atoms with E-state index < -0.39 is 4.92 Å². The maximum absolute atomic E-state index is 13.0. The molecule has 0 aliphatic carbocycles. The van der Waals surface area contributed by atoms with Crippen LogP contribution in [-0.4, -0.2) is 4.92 Å². The highest BCUT2D eigenvalue weighted by atomic mass is 79.9. The molecule has 8 heteroatoms. The van der Waals surface area contributed by atoms with E-state index in [-0.39, 0.29) is 18.1 Å². The van der Waals surface area contributed by atoms with E-state index in [1.165, 1.54) is 36.4 Å². The van der Waals surface area contributed by atoms with Crippen molar-refractivity contribution in [2.24, 2.45) is 0 Å². The molecule has 0 saturated carbocycles. The Morgan fingerprint density at radius 3 is 2.43 bits per heavy atom. The van der Waals surface area contributed by atoms with Crippen LogP contribution in [0.2, 0.25) is 5.02 Å². The molecule has 0 amide bonds. The molecule has 0 atom stereocenters. The van der Waals surface area contributed by atoms with Crippen LogP contribution in [0, 0.1) is 27.3 Å². The van der Waals surface area contributed by atoms with Crippen LogP contribution in [0.5, 0.6) is 5.75 Å². The highest BCUT2D eigenvalue weighted by molar-refractivity contribution is 9.10. The largest absolute Gasteiger partial charge is 0.486 e. The lowest BCUT2D eigenvalue weighted by molar-refractivity contribution is -0.384. The first-order valence-corrected chi connectivity index (χ1v) is 9.77. The van der Waals surface area contributed by atoms with Crippen molar-refractivity contribution in [1.29, 1.82) is 5.26 Å². The number of rotatable bonds is 6. The molecule has 3 aromatic carbocycles. The normalized spacial score (nSPS) is 11.1. The van der Waals surface area contributed by atoms with Gasteiger partial charge in [0.25, 0.3) is 5.69 Å². The first-order valence-electron chi connectivity index (χ1n) is 8.60. The molecule has 0 saturated heterocycles. The van der Waals surface area contributed by atoms with Gasteiger partial charge >= 0.3 is 0 Å². The fourth-order valence-electron chi connectivity index (χ4n) is 2.65. The SMILES string of the molecule is N#C/C(=C/c1cc(Cl)c(OCc2ccc(F)cc2)c(Br)c1)c1ccc([N+](=O)[O-])cc1. The Hall–Kier alpha value is -3.21. The third-order valence-electron chi connectivity index (χ3n) is 4.14. The van der Waals surface area contributed by atoms with Gasteiger partial charge in [-0.3, -0.25) is 10.1 Å². The molecule has 0 aliphatic rings. The number of hydrogen-bond acceptors (Lipinski definition) is 4. The predicted molar refractivity (Wildman–Crippen MR) is 116 cm³/mol. The molecule has 0 radical (unpaired) electrons. The van der Waals surface area contributed by atoms with Crippen molar-refractivity contribution in [3.05, 3.63) is 103 Å². The number of hydrogen-bond donors (Lipinski definition) is 0. The number of allylic oxidation sites excluding steroid dienone is 1. The van der Waals surface area contributed by atoms with Crippen LogP contribution >= 0.6 is 27.5 Å². The van der Waals surface area contributed by atoms with Crippen LogP contribution in [0.15, 0.2) is 65.1 Å². The number of benzene rings is 3. The number of non-ortho nitro benzene ring substituents is 1. The van der Waals surface area contributed by atoms with Gasteiger partial charge < -0.3 is 4.74 Å². The minimum absolute atomic E-state index is 0.0514. The van der Waals surface area contributed by atoms with Crippen molar-refractivity contribution >= 4 is 44.9 Å². The maximum atomic E-state index is 13.0. The van der Waals surface area contributed by atoms with Crippen molar-refractivity contribution in [3.63, 3.8) is 0 Å². The molecule has 30 heavy (non-hydrogen) atoms. The summed E-state index contributed by atoms with van der Waals surface area (Å²) in [5.41, 5.74) is 2.26. The Balaban J connectivity index is 1.83. The summed E-state index contributed by atoms with van der Waals surface area (Å²) in [4.78, 5) is 10.3. The third kappa shape index (κ3) is 5.23. The molecule has 0 fully saturated rings. The van der Waals surface area contributed by atoms with Gasteiger partial charge in [0.2, 0.25) is 0 Å². The highest BCUT2D eigenvalue weighted by Gasteiger charge is 2.11. The smallest absolute Gasteiger partial charge is 0.269 e. The molecule has 0 heterocycles. The van der Waals surface area contributed by atoms with Gasteiger partial charge in [-0.05, 0) is 75.1 Å². The van der Waals surface area contributed by atoms with Crippen molar-refractivity contribution < 1.29 is 14.1 Å². The molecule has 3 aromatic rings. The zero-order valence-electron chi connectivity index (χ0n) is 15.3. The minimum Gasteiger partial charge on any atom is -0.486 e. The second kappa shape index (κ2) is 9.53. The summed E-state index contributed by atoms with van der Waals surface area (Å²) in [6, 6.07) is 17.2. The Kier molecular flexibility index (Phi) is 6.83. The first kappa shape index (κ1) is 21.5. The second-order valence-electron chi connectivity index (χ2n) is 6.20. The summed E-state index contributed by atoms with van der Waals surface area (Å²) in [5.74, 6) is 0.0995. The fraction of sp³-hybridized carbons (Fsp3) is 0.0455. The van der Waals surface area contributed by atoms with Gasteiger partial charge in [0.05, 0.1) is 26.1 Å². The molecule has 5 nitrogen and oxygen atoms in total. The van der Waals surface area contributed by atoms with E-state index in [1.54, 1.807) is 30.3 Å². The van der Waals surface area contributed by atoms with Gasteiger partial charge in [-0.25, -0.2) is 4.39 Å². The highest BCUT2D eigenvalue weighted by Crippen LogP contribution is 2.36. The fourth-order valence-corrected chi connectivity index (χ4v) is 3.64. The number of nitro groups is 1. The zero-order valence-corrected chi connectivity index (χ0v) is 17.7. The van der Waals surface area contributed by atoms with Crippen molar-refractivity contribution in [2.45, 2.75) is 6.61 Å². The van der Waals surface area contributed by atoms with E-state index >= 15 is 0 Å². The summed E-state index contributed by atoms with van der Waals surface area (Å²) in [7, 11) is 0. The Morgan fingerprint density at radius 2 is 1.87 bits per heavy atom. The molecule has 0 aliphatic heterocycles. The molecule has 0 unspecified atom stereocenters. The summed E-state index contributed by atoms with van der Waals surface area (Å²) >= 11 is 9.77. The Morgan fingerprint density at radius 1 is 1.20 bits per heavy atom. The molecule has 3 rings (SSSR count). The molecular formula is C22H13BrClFN2O3. The lowest BCUT2D eigenvalue weighted by Gasteiger charge is -2.11. The molecule has 0 spiro atoms. The number of ether oxygens (including phenoxy) is 1. The third-order valence-corrected chi connectivity index (χ3v) is 5.01. The van der Waals surface area contributed by atoms with E-state index in [0.29, 0.717) is 31.9 Å². The summed E-state index contributed by atoms with van der Waals surface area (Å²) in [5, 5.41) is 20.6. The Bertz CT molecular complexity index is 1130. The minimum atomic E-state index is -0.499. The van der Waals surface area contributed by atoms with Crippen LogP contribution in [-0.2, 0) is 6.61 Å². The van der Waals surface area contributed by atoms with Crippen LogP contribution in [0.1, 0.15) is 16.7 Å². The number of nitro benzene ring substituents is 1. The Labute approximate surface area is 185 Å². The molecule has 0 N–H and O–H groups in total. The predicted octanol–water partition coefficient (Wildman–Crippen LogP) is 6.79. The quantitative estimate of drug-likeness (QED) is 0.166. The van der Waals surface area contributed by atoms with Gasteiger partial charge in [0.1, 0.15) is 12.4 Å². The van der Waals surface area contributed by atoms with E-state index in [9.17, 15) is 19.8 Å². The van der Waals surface area contributed by atoms with Gasteiger partial charge in [-0.2, -0.15) is 5.26 Å². The van der Waals surface area contributed by atoms with E-state index in [2.05, 4.69) is 22.0 Å². The van der Waals surface area contributed by atoms with Crippen molar-refractivity contribution in [3.8, 4) is 11.8 Å². The van der Waals surface area contributed by atoms with Crippen LogP contribution < -0.4 is 4.74 Å².